The van der Waals surface area contributed by atoms with Gasteiger partial charge in [-0.15, -0.1) is 0 Å². The number of nitriles is 4. The van der Waals surface area contributed by atoms with Crippen LogP contribution in [0.1, 0.15) is 22.3 Å². The van der Waals surface area contributed by atoms with Crippen molar-refractivity contribution in [1.82, 2.24) is 9.13 Å². The van der Waals surface area contributed by atoms with Crippen LogP contribution in [0.5, 0.6) is 0 Å². The number of halogens is 2. The molecule has 0 radical (unpaired) electrons. The third-order valence-corrected chi connectivity index (χ3v) is 17.6. The van der Waals surface area contributed by atoms with E-state index in [1.165, 1.54) is 0 Å². The van der Waals surface area contributed by atoms with Crippen molar-refractivity contribution >= 4 is 153 Å². The fourth-order valence-corrected chi connectivity index (χ4v) is 13.7. The summed E-state index contributed by atoms with van der Waals surface area (Å²) in [6.45, 7) is 0. The van der Waals surface area contributed by atoms with E-state index in [9.17, 15) is 29.8 Å². The molecule has 4 aromatic heterocycles. The van der Waals surface area contributed by atoms with Crippen LogP contribution in [0, 0.1) is 57.0 Å². The maximum Gasteiger partial charge on any atom is 0.192 e. The van der Waals surface area contributed by atoms with Crippen LogP contribution < -0.4 is 0 Å². The van der Waals surface area contributed by atoms with Gasteiger partial charge in [0.1, 0.15) is 68.9 Å². The van der Waals surface area contributed by atoms with Gasteiger partial charge in [0.05, 0.1) is 33.4 Å². The summed E-state index contributed by atoms with van der Waals surface area (Å²) in [5.41, 5.74) is 5.17. The van der Waals surface area contributed by atoms with Crippen LogP contribution in [0.4, 0.5) is 8.78 Å². The smallest absolute Gasteiger partial charge is 0.192 e. The second-order valence-corrected chi connectivity index (χ2v) is 22.4. The summed E-state index contributed by atoms with van der Waals surface area (Å²) < 4.78 is 60.2. The lowest BCUT2D eigenvalue weighted by molar-refractivity contribution is 0.498. The molecule has 4 heterocycles. The molecule has 0 aliphatic carbocycles. The van der Waals surface area contributed by atoms with Crippen molar-refractivity contribution < 1.29 is 26.4 Å². The van der Waals surface area contributed by atoms with Crippen LogP contribution >= 0.6 is 0 Å². The first-order chi connectivity index (χ1) is 45.3. The van der Waals surface area contributed by atoms with E-state index in [0.29, 0.717) is 44.5 Å². The quantitative estimate of drug-likeness (QED) is 0.165. The number of aromatic nitrogens is 2. The SMILES string of the molecule is N#Cc1c(-n2c3ccccc3c3ccccc32)c(-n2c3ccccc3c3ccccc32)c(C#N)c2oc3ccc4ccccc4c3c3c(ccc4ccccc43)oc12.N#Cc1c(F)c(F)c(C#N)c2oc3ccc4ccccc4c3c3c(ccc4ccccc43)oc12. The summed E-state index contributed by atoms with van der Waals surface area (Å²) in [4.78, 5) is 0. The molecular formula is C80H40F2N6O4. The van der Waals surface area contributed by atoms with Gasteiger partial charge in [-0.25, -0.2) is 8.78 Å². The molecule has 0 saturated heterocycles. The molecule has 0 saturated carbocycles. The largest absolute Gasteiger partial charge is 0.451 e. The topological polar surface area (TPSA) is 158 Å². The van der Waals surface area contributed by atoms with E-state index in [4.69, 9.17) is 17.7 Å². The molecule has 92 heavy (non-hydrogen) atoms. The first-order valence-corrected chi connectivity index (χ1v) is 29.5. The molecule has 0 amide bonds. The molecule has 10 nitrogen and oxygen atoms in total. The fourth-order valence-electron chi connectivity index (χ4n) is 13.7. The Balaban J connectivity index is 0.000000162. The molecule has 18 aromatic rings. The number of hydrogen-bond donors (Lipinski definition) is 0. The van der Waals surface area contributed by atoms with Crippen molar-refractivity contribution in [1.29, 1.82) is 21.0 Å². The van der Waals surface area contributed by atoms with Crippen molar-refractivity contribution in [3.63, 3.8) is 0 Å². The molecule has 428 valence electrons. The monoisotopic (exact) mass is 1190 g/mol. The number of fused-ring (bicyclic) bond motifs is 22. The van der Waals surface area contributed by atoms with E-state index in [-0.39, 0.29) is 33.5 Å². The van der Waals surface area contributed by atoms with Crippen molar-refractivity contribution in [2.45, 2.75) is 0 Å². The van der Waals surface area contributed by atoms with Gasteiger partial charge in [-0.05, 0) is 91.6 Å². The molecule has 0 spiro atoms. The van der Waals surface area contributed by atoms with E-state index in [1.807, 2.05) is 158 Å². The van der Waals surface area contributed by atoms with Gasteiger partial charge >= 0.3 is 0 Å². The van der Waals surface area contributed by atoms with Crippen LogP contribution in [0.2, 0.25) is 0 Å². The molecule has 12 heteroatoms. The van der Waals surface area contributed by atoms with Gasteiger partial charge in [-0.2, -0.15) is 21.0 Å². The summed E-state index contributed by atoms with van der Waals surface area (Å²) in [6.07, 6.45) is 0. The van der Waals surface area contributed by atoms with Gasteiger partial charge in [0.2, 0.25) is 0 Å². The number of nitrogens with zero attached hydrogens (tertiary/aromatic N) is 6. The Morgan fingerprint density at radius 3 is 0.717 bits per heavy atom. The molecule has 0 bridgehead atoms. The Kier molecular flexibility index (Phi) is 11.9. The summed E-state index contributed by atoms with van der Waals surface area (Å²) in [7, 11) is 0. The second-order valence-electron chi connectivity index (χ2n) is 22.4. The molecule has 0 aliphatic heterocycles. The van der Waals surface area contributed by atoms with Crippen molar-refractivity contribution in [2.24, 2.45) is 0 Å². The lowest BCUT2D eigenvalue weighted by Crippen LogP contribution is -2.09. The Morgan fingerprint density at radius 1 is 0.250 bits per heavy atom. The van der Waals surface area contributed by atoms with Crippen molar-refractivity contribution in [2.75, 3.05) is 0 Å². The molecule has 0 aliphatic rings. The van der Waals surface area contributed by atoms with E-state index in [2.05, 4.69) is 94.1 Å². The minimum absolute atomic E-state index is 0.177. The average Bonchev–Trinajstić information content (AvgIpc) is 1.35. The second kappa shape index (κ2) is 20.7. The van der Waals surface area contributed by atoms with Crippen LogP contribution in [-0.4, -0.2) is 9.13 Å². The first kappa shape index (κ1) is 53.0. The lowest BCUT2D eigenvalue weighted by Gasteiger charge is -2.20. The highest BCUT2D eigenvalue weighted by molar-refractivity contribution is 6.27. The molecule has 0 N–H and O–H groups in total. The maximum atomic E-state index is 14.7. The van der Waals surface area contributed by atoms with Crippen LogP contribution in [0.25, 0.3) is 164 Å². The van der Waals surface area contributed by atoms with E-state index in [0.717, 1.165) is 97.5 Å². The highest BCUT2D eigenvalue weighted by Crippen LogP contribution is 2.47. The van der Waals surface area contributed by atoms with Gasteiger partial charge in [0.25, 0.3) is 0 Å². The summed E-state index contributed by atoms with van der Waals surface area (Å²) >= 11 is 0. The van der Waals surface area contributed by atoms with Crippen LogP contribution in [0.3, 0.4) is 0 Å². The molecule has 0 atom stereocenters. The van der Waals surface area contributed by atoms with E-state index >= 15 is 0 Å². The van der Waals surface area contributed by atoms with Gasteiger partial charge in [0.15, 0.2) is 34.0 Å². The highest BCUT2D eigenvalue weighted by atomic mass is 19.2. The lowest BCUT2D eigenvalue weighted by atomic mass is 9.98. The molecular weight excluding hydrogens is 1150 g/mol. The summed E-state index contributed by atoms with van der Waals surface area (Å²) in [5.74, 6) is -2.91. The van der Waals surface area contributed by atoms with Gasteiger partial charge in [-0.1, -0.05) is 194 Å². The number of hydrogen-bond acceptors (Lipinski definition) is 8. The minimum Gasteiger partial charge on any atom is -0.451 e. The van der Waals surface area contributed by atoms with Crippen molar-refractivity contribution in [3.8, 4) is 35.7 Å². The van der Waals surface area contributed by atoms with Crippen LogP contribution in [-0.2, 0) is 0 Å². The number of para-hydroxylation sites is 4. The van der Waals surface area contributed by atoms with Crippen molar-refractivity contribution in [3.05, 3.63) is 277 Å². The normalized spacial score (nSPS) is 11.5. The van der Waals surface area contributed by atoms with E-state index < -0.39 is 22.8 Å². The zero-order valence-corrected chi connectivity index (χ0v) is 48.2. The zero-order valence-electron chi connectivity index (χ0n) is 48.2. The minimum atomic E-state index is -1.46. The number of rotatable bonds is 2. The summed E-state index contributed by atoms with van der Waals surface area (Å²) in [5, 5.41) is 57.3. The van der Waals surface area contributed by atoms with Crippen LogP contribution in [0.15, 0.2) is 260 Å². The van der Waals surface area contributed by atoms with E-state index in [1.54, 1.807) is 24.3 Å². The highest BCUT2D eigenvalue weighted by Gasteiger charge is 2.31. The summed E-state index contributed by atoms with van der Waals surface area (Å²) in [6, 6.07) is 88.3. The Hall–Kier alpha value is -13.3. The predicted octanol–water partition coefficient (Wildman–Crippen LogP) is 21.5. The molecule has 18 rings (SSSR count). The zero-order chi connectivity index (χ0) is 61.9. The van der Waals surface area contributed by atoms with Gasteiger partial charge in [0, 0.05) is 43.1 Å². The maximum absolute atomic E-state index is 14.7. The third kappa shape index (κ3) is 7.72. The predicted molar refractivity (Wildman–Crippen MR) is 360 cm³/mol. The number of benzene rings is 14. The first-order valence-electron chi connectivity index (χ1n) is 29.5. The Labute approximate surface area is 519 Å². The van der Waals surface area contributed by atoms with Gasteiger partial charge in [-0.3, -0.25) is 0 Å². The fraction of sp³-hybridized carbons (Fsp3) is 0. The standard InChI is InChI=1S/C52H28N4O2.C28H12F2N2O2/c53-29-39-49(55-41-21-9-5-17-35(41)36-18-6-10-22-42(36)55)50(56-43-23-11-7-19-37(43)38-20-8-12-24-44(38)56)40(30-54)52-51(39)57-45-27-25-31-13-1-3-15-33(31)47(45)48-34-16-4-2-14-32(34)26-28-46(48)58-52;29-25-19(13-31)27-28(20(14-32)26(25)30)34-22-12-10-16-6-2-4-8-18(16)24(22)23-17-7-3-1-5-15(17)9-11-21(23)33-27/h1-28H;1-12H. The Morgan fingerprint density at radius 2 is 0.467 bits per heavy atom. The average molecular weight is 1190 g/mol. The molecule has 0 unspecified atom stereocenters. The Bertz CT molecular complexity index is 6120. The third-order valence-electron chi connectivity index (χ3n) is 17.6. The molecule has 14 aromatic carbocycles. The molecule has 0 fully saturated rings. The van der Waals surface area contributed by atoms with Gasteiger partial charge < -0.3 is 26.8 Å².